The maximum Gasteiger partial charge on any atom is 0.272 e. The molecule has 1 rings (SSSR count). The number of rotatable bonds is 2. The van der Waals surface area contributed by atoms with Crippen LogP contribution in [-0.2, 0) is 0 Å². The highest BCUT2D eigenvalue weighted by Gasteiger charge is 2.09. The Bertz CT molecular complexity index is 386. The van der Waals surface area contributed by atoms with Crippen LogP contribution in [0.25, 0.3) is 0 Å². The summed E-state index contributed by atoms with van der Waals surface area (Å²) in [4.78, 5) is 18.9. The zero-order chi connectivity index (χ0) is 10.6. The van der Waals surface area contributed by atoms with Crippen molar-refractivity contribution >= 4 is 17.5 Å². The van der Waals surface area contributed by atoms with Crippen LogP contribution in [0.1, 0.15) is 17.4 Å². The predicted molar refractivity (Wildman–Crippen MR) is 52.8 cm³/mol. The van der Waals surface area contributed by atoms with Gasteiger partial charge in [-0.15, -0.1) is 6.42 Å². The summed E-state index contributed by atoms with van der Waals surface area (Å²) in [6.07, 6.45) is 7.78. The standard InChI is InChI=1S/C9H8ClN3O/c1-3-6(2)12-9(14)7-4-11-5-8(10)13-7/h1,4-6H,2H3,(H,12,14). The Hall–Kier alpha value is -1.60. The second-order valence-electron chi connectivity index (χ2n) is 2.59. The van der Waals surface area contributed by atoms with Gasteiger partial charge in [0.2, 0.25) is 0 Å². The van der Waals surface area contributed by atoms with Crippen LogP contribution in [0.3, 0.4) is 0 Å². The molecule has 4 nitrogen and oxygen atoms in total. The molecule has 0 fully saturated rings. The summed E-state index contributed by atoms with van der Waals surface area (Å²) in [6, 6.07) is -0.344. The highest BCUT2D eigenvalue weighted by atomic mass is 35.5. The Morgan fingerprint density at radius 1 is 1.71 bits per heavy atom. The van der Waals surface area contributed by atoms with Crippen LogP contribution in [0.2, 0.25) is 5.15 Å². The third-order valence-corrected chi connectivity index (χ3v) is 1.62. The maximum absolute atomic E-state index is 11.4. The van der Waals surface area contributed by atoms with Gasteiger partial charge in [-0.3, -0.25) is 9.78 Å². The lowest BCUT2D eigenvalue weighted by molar-refractivity contribution is 0.0942. The van der Waals surface area contributed by atoms with Gasteiger partial charge < -0.3 is 5.32 Å². The monoisotopic (exact) mass is 209 g/mol. The minimum atomic E-state index is -0.384. The Labute approximate surface area is 86.7 Å². The summed E-state index contributed by atoms with van der Waals surface area (Å²) in [5.41, 5.74) is 0.152. The molecule has 0 saturated heterocycles. The first-order chi connectivity index (χ1) is 6.63. The van der Waals surface area contributed by atoms with E-state index >= 15 is 0 Å². The molecule has 72 valence electrons. The average molecular weight is 210 g/mol. The molecule has 1 amide bonds. The summed E-state index contributed by atoms with van der Waals surface area (Å²) in [5, 5.41) is 2.71. The molecule has 0 saturated carbocycles. The summed E-state index contributed by atoms with van der Waals surface area (Å²) >= 11 is 5.57. The zero-order valence-electron chi connectivity index (χ0n) is 7.49. The normalized spacial score (nSPS) is 11.5. The molecule has 1 unspecified atom stereocenters. The predicted octanol–water partition coefficient (Wildman–Crippen LogP) is 0.881. The van der Waals surface area contributed by atoms with Crippen LogP contribution < -0.4 is 5.32 Å². The zero-order valence-corrected chi connectivity index (χ0v) is 8.25. The number of nitrogens with one attached hydrogen (secondary N) is 1. The first kappa shape index (κ1) is 10.5. The van der Waals surface area contributed by atoms with Crippen molar-refractivity contribution in [2.24, 2.45) is 0 Å². The molecule has 1 aromatic heterocycles. The molecule has 14 heavy (non-hydrogen) atoms. The summed E-state index contributed by atoms with van der Waals surface area (Å²) in [5.74, 6) is 1.98. The van der Waals surface area contributed by atoms with E-state index in [0.717, 1.165) is 0 Å². The lowest BCUT2D eigenvalue weighted by atomic mass is 10.3. The van der Waals surface area contributed by atoms with E-state index in [2.05, 4.69) is 21.2 Å². The van der Waals surface area contributed by atoms with Crippen molar-refractivity contribution in [1.29, 1.82) is 0 Å². The third kappa shape index (κ3) is 2.71. The minimum Gasteiger partial charge on any atom is -0.337 e. The second kappa shape index (κ2) is 4.58. The molecule has 5 heteroatoms. The largest absolute Gasteiger partial charge is 0.337 e. The van der Waals surface area contributed by atoms with E-state index in [0.29, 0.717) is 0 Å². The molecule has 0 spiro atoms. The molecule has 0 aromatic carbocycles. The van der Waals surface area contributed by atoms with Gasteiger partial charge in [0.15, 0.2) is 0 Å². The van der Waals surface area contributed by atoms with E-state index in [1.54, 1.807) is 6.92 Å². The van der Waals surface area contributed by atoms with Crippen LogP contribution in [0.4, 0.5) is 0 Å². The van der Waals surface area contributed by atoms with Crippen molar-refractivity contribution < 1.29 is 4.79 Å². The van der Waals surface area contributed by atoms with Crippen molar-refractivity contribution in [3.8, 4) is 12.3 Å². The van der Waals surface area contributed by atoms with Gasteiger partial charge in [-0.05, 0) is 6.92 Å². The molecule has 0 aliphatic rings. The van der Waals surface area contributed by atoms with Gasteiger partial charge in [0.05, 0.1) is 18.4 Å². The quantitative estimate of drug-likeness (QED) is 0.736. The van der Waals surface area contributed by atoms with Crippen molar-refractivity contribution in [1.82, 2.24) is 15.3 Å². The van der Waals surface area contributed by atoms with Crippen molar-refractivity contribution in [3.63, 3.8) is 0 Å². The van der Waals surface area contributed by atoms with Gasteiger partial charge in [0.1, 0.15) is 10.8 Å². The van der Waals surface area contributed by atoms with Gasteiger partial charge in [0, 0.05) is 0 Å². The fraction of sp³-hybridized carbons (Fsp3) is 0.222. The van der Waals surface area contributed by atoms with Crippen LogP contribution in [0, 0.1) is 12.3 Å². The highest BCUT2D eigenvalue weighted by Crippen LogP contribution is 2.02. The van der Waals surface area contributed by atoms with E-state index in [4.69, 9.17) is 18.0 Å². The smallest absolute Gasteiger partial charge is 0.272 e. The molecule has 0 aliphatic heterocycles. The maximum atomic E-state index is 11.4. The highest BCUT2D eigenvalue weighted by molar-refractivity contribution is 6.29. The van der Waals surface area contributed by atoms with E-state index in [1.165, 1.54) is 12.4 Å². The fourth-order valence-electron chi connectivity index (χ4n) is 0.764. The molecular weight excluding hydrogens is 202 g/mol. The average Bonchev–Trinajstić information content (AvgIpc) is 2.17. The first-order valence-corrected chi connectivity index (χ1v) is 4.26. The Balaban J connectivity index is 2.76. The molecular formula is C9H8ClN3O. The Morgan fingerprint density at radius 3 is 3.00 bits per heavy atom. The molecule has 1 heterocycles. The topological polar surface area (TPSA) is 54.9 Å². The van der Waals surface area contributed by atoms with Gasteiger partial charge in [-0.2, -0.15) is 0 Å². The van der Waals surface area contributed by atoms with Gasteiger partial charge in [0.25, 0.3) is 5.91 Å². The van der Waals surface area contributed by atoms with Gasteiger partial charge in [-0.25, -0.2) is 4.98 Å². The lowest BCUT2D eigenvalue weighted by Crippen LogP contribution is -2.32. The van der Waals surface area contributed by atoms with E-state index in [9.17, 15) is 4.79 Å². The number of aromatic nitrogens is 2. The first-order valence-electron chi connectivity index (χ1n) is 3.88. The number of nitrogens with zero attached hydrogens (tertiary/aromatic N) is 2. The number of carbonyl (C=O) groups excluding carboxylic acids is 1. The van der Waals surface area contributed by atoms with Crippen molar-refractivity contribution in [3.05, 3.63) is 23.2 Å². The number of hydrogen-bond donors (Lipinski definition) is 1. The SMILES string of the molecule is C#CC(C)NC(=O)c1cncc(Cl)n1. The molecule has 1 aromatic rings. The van der Waals surface area contributed by atoms with Crippen molar-refractivity contribution in [2.45, 2.75) is 13.0 Å². The Morgan fingerprint density at radius 2 is 2.43 bits per heavy atom. The van der Waals surface area contributed by atoms with Crippen LogP contribution in [-0.4, -0.2) is 21.9 Å². The number of amides is 1. The van der Waals surface area contributed by atoms with Gasteiger partial charge in [-0.1, -0.05) is 17.5 Å². The second-order valence-corrected chi connectivity index (χ2v) is 2.98. The number of hydrogen-bond acceptors (Lipinski definition) is 3. The van der Waals surface area contributed by atoms with Gasteiger partial charge >= 0.3 is 0 Å². The van der Waals surface area contributed by atoms with E-state index in [1.807, 2.05) is 0 Å². The Kier molecular flexibility index (Phi) is 3.43. The molecule has 0 aliphatic carbocycles. The summed E-state index contributed by atoms with van der Waals surface area (Å²) in [6.45, 7) is 1.69. The summed E-state index contributed by atoms with van der Waals surface area (Å²) < 4.78 is 0. The number of carbonyl (C=O) groups is 1. The summed E-state index contributed by atoms with van der Waals surface area (Å²) in [7, 11) is 0. The lowest BCUT2D eigenvalue weighted by Gasteiger charge is -2.06. The third-order valence-electron chi connectivity index (χ3n) is 1.44. The van der Waals surface area contributed by atoms with Crippen molar-refractivity contribution in [2.75, 3.05) is 0 Å². The van der Waals surface area contributed by atoms with Crippen LogP contribution in [0.5, 0.6) is 0 Å². The van der Waals surface area contributed by atoms with E-state index < -0.39 is 0 Å². The van der Waals surface area contributed by atoms with E-state index in [-0.39, 0.29) is 22.8 Å². The minimum absolute atomic E-state index is 0.152. The van der Waals surface area contributed by atoms with Crippen LogP contribution in [0.15, 0.2) is 12.4 Å². The molecule has 1 N–H and O–H groups in total. The van der Waals surface area contributed by atoms with Crippen LogP contribution >= 0.6 is 11.6 Å². The molecule has 1 atom stereocenters. The fourth-order valence-corrected chi connectivity index (χ4v) is 0.911. The number of halogens is 1. The molecule has 0 radical (unpaired) electrons. The molecule has 0 bridgehead atoms. The number of terminal acetylenes is 1.